The Kier molecular flexibility index (Phi) is 25.3. The summed E-state index contributed by atoms with van der Waals surface area (Å²) >= 11 is 0. The summed E-state index contributed by atoms with van der Waals surface area (Å²) in [5, 5.41) is 43.3. The van der Waals surface area contributed by atoms with Gasteiger partial charge in [-0.15, -0.1) is 0 Å². The first-order valence-electron chi connectivity index (χ1n) is 25.8. The maximum absolute atomic E-state index is 13.3. The number of Topliss-reactive ketones (excluding diaryl/α,β-unsaturated/α-hetero) is 1. The molecule has 0 radical (unpaired) electrons. The molecule has 0 aromatic heterocycles. The molecule has 4 N–H and O–H groups in total. The van der Waals surface area contributed by atoms with Crippen molar-refractivity contribution >= 4 is 11.8 Å². The highest BCUT2D eigenvalue weighted by molar-refractivity contribution is 5.97. The Bertz CT molecular complexity index is 2010. The number of ketones is 1. The first-order valence-corrected chi connectivity index (χ1v) is 25.8. The summed E-state index contributed by atoms with van der Waals surface area (Å²) in [6, 6.07) is 0. The van der Waals surface area contributed by atoms with E-state index in [9.17, 15) is 30.0 Å². The molecule has 9 nitrogen and oxygen atoms in total. The second-order valence-corrected chi connectivity index (χ2v) is 21.2. The van der Waals surface area contributed by atoms with Gasteiger partial charge in [0.05, 0.1) is 17.6 Å². The van der Waals surface area contributed by atoms with E-state index in [0.717, 1.165) is 84.3 Å². The van der Waals surface area contributed by atoms with Crippen LogP contribution >= 0.6 is 0 Å². The minimum Gasteiger partial charge on any atom is -0.463 e. The van der Waals surface area contributed by atoms with Gasteiger partial charge in [0.1, 0.15) is 31.0 Å². The van der Waals surface area contributed by atoms with Crippen LogP contribution in [0.5, 0.6) is 0 Å². The minimum absolute atomic E-state index is 0.0157. The number of aliphatic hydroxyl groups excluding tert-OH is 4. The van der Waals surface area contributed by atoms with E-state index in [0.29, 0.717) is 31.6 Å². The average molecular weight is 955 g/mol. The van der Waals surface area contributed by atoms with E-state index in [2.05, 4.69) is 122 Å². The molecule has 0 amide bonds. The first kappa shape index (κ1) is 59.3. The second-order valence-electron chi connectivity index (χ2n) is 21.2. The van der Waals surface area contributed by atoms with E-state index < -0.39 is 54.3 Å². The normalized spacial score (nSPS) is 26.7. The molecule has 1 saturated heterocycles. The molecule has 3 aliphatic rings. The fourth-order valence-electron chi connectivity index (χ4n) is 8.99. The largest absolute Gasteiger partial charge is 0.463 e. The Morgan fingerprint density at radius 3 is 1.96 bits per heavy atom. The molecule has 2 fully saturated rings. The Morgan fingerprint density at radius 2 is 1.38 bits per heavy atom. The van der Waals surface area contributed by atoms with Crippen molar-refractivity contribution in [1.29, 1.82) is 0 Å². The Hall–Kier alpha value is -3.96. The van der Waals surface area contributed by atoms with E-state index in [4.69, 9.17) is 14.2 Å². The van der Waals surface area contributed by atoms with Crippen LogP contribution in [-0.2, 0) is 23.8 Å². The van der Waals surface area contributed by atoms with Crippen LogP contribution in [0, 0.1) is 23.2 Å². The third kappa shape index (κ3) is 21.1. The van der Waals surface area contributed by atoms with E-state index in [-0.39, 0.29) is 17.8 Å². The zero-order valence-electron chi connectivity index (χ0n) is 44.4. The van der Waals surface area contributed by atoms with Gasteiger partial charge in [0, 0.05) is 6.42 Å². The minimum atomic E-state index is -1.56. The topological polar surface area (TPSA) is 143 Å². The lowest BCUT2D eigenvalue weighted by atomic mass is 9.72. The van der Waals surface area contributed by atoms with Crippen molar-refractivity contribution in [2.24, 2.45) is 23.2 Å². The molecule has 4 unspecified atom stereocenters. The third-order valence-corrected chi connectivity index (χ3v) is 14.0. The van der Waals surface area contributed by atoms with Crippen LogP contribution in [0.15, 0.2) is 130 Å². The molecule has 9 heteroatoms. The van der Waals surface area contributed by atoms with Crippen LogP contribution in [0.3, 0.4) is 0 Å². The van der Waals surface area contributed by atoms with E-state index in [1.54, 1.807) is 0 Å². The number of aliphatic hydroxyl groups is 4. The molecule has 0 spiro atoms. The van der Waals surface area contributed by atoms with Gasteiger partial charge in [0.15, 0.2) is 12.1 Å². The monoisotopic (exact) mass is 955 g/mol. The summed E-state index contributed by atoms with van der Waals surface area (Å²) in [5.74, 6) is 0.381. The van der Waals surface area contributed by atoms with Gasteiger partial charge in [0.25, 0.3) is 0 Å². The van der Waals surface area contributed by atoms with Gasteiger partial charge in [-0.2, -0.15) is 0 Å². The smallest absolute Gasteiger partial charge is 0.311 e. The lowest BCUT2D eigenvalue weighted by Crippen LogP contribution is -2.60. The van der Waals surface area contributed by atoms with Gasteiger partial charge in [-0.3, -0.25) is 9.59 Å². The molecule has 0 aromatic rings. The molecule has 9 atom stereocenters. The summed E-state index contributed by atoms with van der Waals surface area (Å²) in [5.41, 5.74) is 7.03. The molecule has 2 aliphatic carbocycles. The lowest BCUT2D eigenvalue weighted by Gasteiger charge is -2.43. The Balaban J connectivity index is 1.43. The van der Waals surface area contributed by atoms with Crippen LogP contribution in [0.1, 0.15) is 160 Å². The maximum Gasteiger partial charge on any atom is 0.311 e. The summed E-state index contributed by atoms with van der Waals surface area (Å²) in [7, 11) is 0. The number of esters is 1. The fourth-order valence-corrected chi connectivity index (χ4v) is 8.99. The molecular weight excluding hydrogens is 865 g/mol. The van der Waals surface area contributed by atoms with Gasteiger partial charge in [-0.25, -0.2) is 0 Å². The number of hydrogen-bond acceptors (Lipinski definition) is 9. The molecule has 3 rings (SSSR count). The average Bonchev–Trinajstić information content (AvgIpc) is 4.07. The van der Waals surface area contributed by atoms with Crippen molar-refractivity contribution in [2.75, 3.05) is 6.61 Å². The molecule has 1 saturated carbocycles. The molecule has 384 valence electrons. The molecule has 69 heavy (non-hydrogen) atoms. The maximum atomic E-state index is 13.3. The van der Waals surface area contributed by atoms with E-state index in [1.807, 2.05) is 52.0 Å². The molecule has 1 aliphatic heterocycles. The third-order valence-electron chi connectivity index (χ3n) is 14.0. The summed E-state index contributed by atoms with van der Waals surface area (Å²) in [6.45, 7) is 24.4. The van der Waals surface area contributed by atoms with Gasteiger partial charge in [-0.05, 0) is 135 Å². The number of ether oxygens (including phenoxy) is 3. The highest BCUT2D eigenvalue weighted by Crippen LogP contribution is 2.45. The quantitative estimate of drug-likeness (QED) is 0.0467. The number of hydrogen-bond donors (Lipinski definition) is 4. The van der Waals surface area contributed by atoms with Crippen molar-refractivity contribution in [2.45, 2.75) is 203 Å². The number of carbonyl (C=O) groups is 2. The SMILES string of the molecule is CCCCC(C(=O)OC[C@H]1O[C@@H](OC(C)(C)CCC/C(C)=C/C=C/C(C)=C/C=C/C(C)=C/C=C/C=C(C)/C=C/C=C(C)/C=C/C2=C(C)C(=O)CCC2(C)C)[C@H](O)[C@@H](O)[C@@H]1O)C(O)CCC1CC1CC. The molecule has 1 heterocycles. The van der Waals surface area contributed by atoms with Crippen molar-refractivity contribution in [3.05, 3.63) is 130 Å². The van der Waals surface area contributed by atoms with Crippen molar-refractivity contribution < 1.29 is 44.2 Å². The summed E-state index contributed by atoms with van der Waals surface area (Å²) < 4.78 is 17.8. The second kappa shape index (κ2) is 29.4. The number of carbonyl (C=O) groups excluding carboxylic acids is 2. The molecule has 0 aromatic carbocycles. The Morgan fingerprint density at radius 1 is 0.797 bits per heavy atom. The van der Waals surface area contributed by atoms with Crippen LogP contribution in [0.25, 0.3) is 0 Å². The van der Waals surface area contributed by atoms with Gasteiger partial charge in [0.2, 0.25) is 0 Å². The molecular formula is C60H90O9. The van der Waals surface area contributed by atoms with Crippen molar-refractivity contribution in [1.82, 2.24) is 0 Å². The van der Waals surface area contributed by atoms with Crippen LogP contribution < -0.4 is 0 Å². The lowest BCUT2D eigenvalue weighted by molar-refractivity contribution is -0.324. The van der Waals surface area contributed by atoms with Crippen LogP contribution in [0.2, 0.25) is 0 Å². The standard InChI is InChI=1S/C60H90O9/c1-13-15-31-49(52(62)35-33-48-39-47(48)14-2)57(66)67-40-53-54(63)55(64)56(65)58(68-53)69-60(11,12)37-21-30-44(6)28-19-27-43(5)26-18-24-41(3)22-16-17-23-42(4)25-20-29-45(7)32-34-50-46(8)51(61)36-38-59(50,9)10/h16-20,22-29,32,34,47-49,52-56,58,62-65H,13-15,21,30-31,33,35-40H2,1-12H3/b17-16+,24-18+,25-20+,27-19+,34-32+,41-22+,42-23+,43-26+,44-28+,45-29+/t47?,48?,49?,52?,53-,54-,55+,56-,58+/m1/s1. The molecule has 0 bridgehead atoms. The highest BCUT2D eigenvalue weighted by Gasteiger charge is 2.47. The summed E-state index contributed by atoms with van der Waals surface area (Å²) in [4.78, 5) is 25.5. The Labute approximate surface area is 417 Å². The number of rotatable bonds is 27. The van der Waals surface area contributed by atoms with Crippen molar-refractivity contribution in [3.8, 4) is 0 Å². The van der Waals surface area contributed by atoms with E-state index in [1.165, 1.54) is 12.0 Å². The first-order chi connectivity index (χ1) is 32.6. The number of allylic oxidation sites excluding steroid dienone is 22. The summed E-state index contributed by atoms with van der Waals surface area (Å²) in [6.07, 6.45) is 33.1. The zero-order valence-corrected chi connectivity index (χ0v) is 44.4. The predicted molar refractivity (Wildman–Crippen MR) is 282 cm³/mol. The fraction of sp³-hybridized carbons (Fsp3) is 0.600. The highest BCUT2D eigenvalue weighted by atomic mass is 16.7. The zero-order chi connectivity index (χ0) is 51.3. The van der Waals surface area contributed by atoms with Gasteiger partial charge in [-0.1, -0.05) is 166 Å². The van der Waals surface area contributed by atoms with Crippen LogP contribution in [-0.4, -0.2) is 81.2 Å². The number of unbranched alkanes of at least 4 members (excludes halogenated alkanes) is 1. The predicted octanol–water partition coefficient (Wildman–Crippen LogP) is 12.5. The van der Waals surface area contributed by atoms with Gasteiger partial charge >= 0.3 is 5.97 Å². The van der Waals surface area contributed by atoms with E-state index >= 15 is 0 Å². The van der Waals surface area contributed by atoms with Crippen LogP contribution in [0.4, 0.5) is 0 Å². The van der Waals surface area contributed by atoms with Crippen molar-refractivity contribution in [3.63, 3.8) is 0 Å². The van der Waals surface area contributed by atoms with Gasteiger partial charge < -0.3 is 34.6 Å².